The zero-order valence-electron chi connectivity index (χ0n) is 23.8. The van der Waals surface area contributed by atoms with Crippen molar-refractivity contribution >= 4 is 34.1 Å². The Morgan fingerprint density at radius 1 is 0.381 bits per heavy atom. The molecule has 6 aromatic rings. The number of hydrogen-bond acceptors (Lipinski definition) is 3. The van der Waals surface area contributed by atoms with Gasteiger partial charge in [-0.05, 0) is 101 Å². The highest BCUT2D eigenvalue weighted by molar-refractivity contribution is 5.80. The van der Waals surface area contributed by atoms with Crippen molar-refractivity contribution in [2.75, 3.05) is 9.80 Å². The molecule has 6 rings (SSSR count). The van der Waals surface area contributed by atoms with Crippen LogP contribution in [0.4, 0.5) is 34.1 Å². The van der Waals surface area contributed by atoms with E-state index in [1.807, 2.05) is 18.2 Å². The monoisotopic (exact) mass is 546 g/mol. The summed E-state index contributed by atoms with van der Waals surface area (Å²) in [4.78, 5) is 4.53. The van der Waals surface area contributed by atoms with Crippen molar-refractivity contribution in [3.05, 3.63) is 169 Å². The topological polar surface area (TPSA) is 26.7 Å². The fourth-order valence-electron chi connectivity index (χ4n) is 5.29. The summed E-state index contributed by atoms with van der Waals surface area (Å²) in [5, 5.41) is 9.51. The molecule has 0 atom stereocenters. The van der Waals surface area contributed by atoms with Gasteiger partial charge < -0.3 is 14.9 Å². The second kappa shape index (κ2) is 12.6. The molecule has 3 heteroatoms. The first-order valence-corrected chi connectivity index (χ1v) is 14.4. The molecule has 0 saturated heterocycles. The van der Waals surface area contributed by atoms with E-state index in [1.54, 1.807) is 0 Å². The molecule has 0 spiro atoms. The lowest BCUT2D eigenvalue weighted by molar-refractivity contribution is 0.282. The van der Waals surface area contributed by atoms with Gasteiger partial charge >= 0.3 is 0 Å². The molecule has 0 amide bonds. The van der Waals surface area contributed by atoms with Crippen LogP contribution >= 0.6 is 0 Å². The molecule has 0 aliphatic rings. The van der Waals surface area contributed by atoms with Crippen LogP contribution in [-0.4, -0.2) is 5.11 Å². The molecule has 6 aromatic carbocycles. The summed E-state index contributed by atoms with van der Waals surface area (Å²) >= 11 is 0. The molecule has 0 unspecified atom stereocenters. The Morgan fingerprint density at radius 3 is 1.02 bits per heavy atom. The first-order chi connectivity index (χ1) is 20.7. The highest BCUT2D eigenvalue weighted by Crippen LogP contribution is 2.38. The van der Waals surface area contributed by atoms with Crippen molar-refractivity contribution in [1.82, 2.24) is 0 Å². The Kier molecular flexibility index (Phi) is 8.12. The van der Waals surface area contributed by atoms with Crippen LogP contribution in [0, 0.1) is 0 Å². The zero-order chi connectivity index (χ0) is 28.7. The summed E-state index contributed by atoms with van der Waals surface area (Å²) in [6.45, 7) is 2.22. The minimum atomic E-state index is 0.0351. The molecule has 0 aliphatic carbocycles. The maximum atomic E-state index is 9.51. The number of anilines is 6. The van der Waals surface area contributed by atoms with Gasteiger partial charge in [0.1, 0.15) is 0 Å². The Labute approximate surface area is 248 Å². The summed E-state index contributed by atoms with van der Waals surface area (Å²) < 4.78 is 0. The standard InChI is InChI=1S/C39H34N2O/c1-2-30-13-21-36(22-14-30)40(34-9-5-3-6-10-34)38-25-17-32(18-26-38)33-19-27-39(28-20-33)41(35-11-7-4-8-12-35)37-23-15-31(29-42)16-24-37/h3-28,42H,2,29H2,1H3. The fourth-order valence-corrected chi connectivity index (χ4v) is 5.29. The molecule has 0 saturated carbocycles. The summed E-state index contributed by atoms with van der Waals surface area (Å²) in [6, 6.07) is 55.2. The summed E-state index contributed by atoms with van der Waals surface area (Å²) in [7, 11) is 0. The Hall–Kier alpha value is -5.12. The Bertz CT molecular complexity index is 1560. The second-order valence-electron chi connectivity index (χ2n) is 10.3. The van der Waals surface area contributed by atoms with Crippen LogP contribution < -0.4 is 9.80 Å². The summed E-state index contributed by atoms with van der Waals surface area (Å²) in [6.07, 6.45) is 1.03. The van der Waals surface area contributed by atoms with Crippen LogP contribution in [0.15, 0.2) is 158 Å². The van der Waals surface area contributed by atoms with Crippen LogP contribution in [0.5, 0.6) is 0 Å². The largest absolute Gasteiger partial charge is 0.392 e. The zero-order valence-corrected chi connectivity index (χ0v) is 23.8. The van der Waals surface area contributed by atoms with Gasteiger partial charge in [0.15, 0.2) is 0 Å². The van der Waals surface area contributed by atoms with Crippen molar-refractivity contribution in [1.29, 1.82) is 0 Å². The van der Waals surface area contributed by atoms with E-state index in [2.05, 4.69) is 156 Å². The average molecular weight is 547 g/mol. The van der Waals surface area contributed by atoms with Gasteiger partial charge in [-0.25, -0.2) is 0 Å². The average Bonchev–Trinajstić information content (AvgIpc) is 3.07. The van der Waals surface area contributed by atoms with E-state index in [0.29, 0.717) is 0 Å². The molecule has 0 bridgehead atoms. The minimum absolute atomic E-state index is 0.0351. The van der Waals surface area contributed by atoms with Crippen molar-refractivity contribution in [2.24, 2.45) is 0 Å². The van der Waals surface area contributed by atoms with E-state index < -0.39 is 0 Å². The lowest BCUT2D eigenvalue weighted by Gasteiger charge is -2.26. The number of nitrogens with zero attached hydrogens (tertiary/aromatic N) is 2. The van der Waals surface area contributed by atoms with E-state index in [-0.39, 0.29) is 6.61 Å². The Morgan fingerprint density at radius 2 is 0.690 bits per heavy atom. The van der Waals surface area contributed by atoms with Crippen LogP contribution in [-0.2, 0) is 13.0 Å². The predicted octanol–water partition coefficient (Wildman–Crippen LogP) is 10.3. The van der Waals surface area contributed by atoms with Crippen molar-refractivity contribution in [3.8, 4) is 11.1 Å². The lowest BCUT2D eigenvalue weighted by atomic mass is 10.0. The predicted molar refractivity (Wildman–Crippen MR) is 177 cm³/mol. The quantitative estimate of drug-likeness (QED) is 0.195. The molecule has 42 heavy (non-hydrogen) atoms. The van der Waals surface area contributed by atoms with Crippen molar-refractivity contribution in [3.63, 3.8) is 0 Å². The van der Waals surface area contributed by atoms with E-state index in [9.17, 15) is 5.11 Å². The maximum Gasteiger partial charge on any atom is 0.0681 e. The van der Waals surface area contributed by atoms with E-state index in [1.165, 1.54) is 11.1 Å². The summed E-state index contributed by atoms with van der Waals surface area (Å²) in [5.74, 6) is 0. The van der Waals surface area contributed by atoms with Crippen LogP contribution in [0.1, 0.15) is 18.1 Å². The van der Waals surface area contributed by atoms with Gasteiger partial charge in [-0.1, -0.05) is 91.9 Å². The number of hydrogen-bond donors (Lipinski definition) is 1. The van der Waals surface area contributed by atoms with Crippen LogP contribution in [0.3, 0.4) is 0 Å². The van der Waals surface area contributed by atoms with Gasteiger partial charge in [-0.2, -0.15) is 0 Å². The van der Waals surface area contributed by atoms with Gasteiger partial charge in [-0.3, -0.25) is 0 Å². The van der Waals surface area contributed by atoms with Gasteiger partial charge in [0.2, 0.25) is 0 Å². The highest BCUT2D eigenvalue weighted by Gasteiger charge is 2.14. The number of aliphatic hydroxyl groups excluding tert-OH is 1. The van der Waals surface area contributed by atoms with Crippen molar-refractivity contribution < 1.29 is 5.11 Å². The SMILES string of the molecule is CCc1ccc(N(c2ccccc2)c2ccc(-c3ccc(N(c4ccccc4)c4ccc(CO)cc4)cc3)cc2)cc1. The normalized spacial score (nSPS) is 10.8. The van der Waals surface area contributed by atoms with E-state index in [4.69, 9.17) is 0 Å². The van der Waals surface area contributed by atoms with Gasteiger partial charge in [-0.15, -0.1) is 0 Å². The van der Waals surface area contributed by atoms with Crippen LogP contribution in [0.25, 0.3) is 11.1 Å². The molecular formula is C39H34N2O. The smallest absolute Gasteiger partial charge is 0.0681 e. The molecule has 206 valence electrons. The number of benzene rings is 6. The second-order valence-corrected chi connectivity index (χ2v) is 10.3. The molecule has 0 heterocycles. The molecule has 0 aromatic heterocycles. The fraction of sp³-hybridized carbons (Fsp3) is 0.0769. The lowest BCUT2D eigenvalue weighted by Crippen LogP contribution is -2.10. The first kappa shape index (κ1) is 27.1. The van der Waals surface area contributed by atoms with Gasteiger partial charge in [0, 0.05) is 34.1 Å². The van der Waals surface area contributed by atoms with Gasteiger partial charge in [0.25, 0.3) is 0 Å². The summed E-state index contributed by atoms with van der Waals surface area (Å²) in [5.41, 5.74) is 11.1. The highest BCUT2D eigenvalue weighted by atomic mass is 16.3. The van der Waals surface area contributed by atoms with Crippen LogP contribution in [0.2, 0.25) is 0 Å². The minimum Gasteiger partial charge on any atom is -0.392 e. The molecular weight excluding hydrogens is 512 g/mol. The third kappa shape index (κ3) is 5.83. The van der Waals surface area contributed by atoms with E-state index in [0.717, 1.165) is 51.7 Å². The maximum absolute atomic E-state index is 9.51. The first-order valence-electron chi connectivity index (χ1n) is 14.4. The number of aryl methyl sites for hydroxylation is 1. The molecule has 0 aliphatic heterocycles. The number of aliphatic hydroxyl groups is 1. The molecule has 1 N–H and O–H groups in total. The third-order valence-corrected chi connectivity index (χ3v) is 7.59. The molecule has 0 radical (unpaired) electrons. The van der Waals surface area contributed by atoms with Gasteiger partial charge in [0.05, 0.1) is 6.61 Å². The number of rotatable bonds is 9. The van der Waals surface area contributed by atoms with E-state index >= 15 is 0 Å². The third-order valence-electron chi connectivity index (χ3n) is 7.59. The number of para-hydroxylation sites is 2. The van der Waals surface area contributed by atoms with Crippen molar-refractivity contribution in [2.45, 2.75) is 20.0 Å². The Balaban J connectivity index is 1.30. The molecule has 3 nitrogen and oxygen atoms in total. The molecule has 0 fully saturated rings.